The van der Waals surface area contributed by atoms with Crippen LogP contribution in [0, 0.1) is 11.9 Å². The molecule has 0 aliphatic heterocycles. The van der Waals surface area contributed by atoms with E-state index in [9.17, 15) is 4.79 Å². The third-order valence-corrected chi connectivity index (χ3v) is 5.58. The van der Waals surface area contributed by atoms with Gasteiger partial charge in [-0.25, -0.2) is 4.39 Å². The molecule has 0 aliphatic carbocycles. The largest absolute Gasteiger partial charge is 0.489 e. The van der Waals surface area contributed by atoms with Gasteiger partial charge >= 0.3 is 0 Å². The van der Waals surface area contributed by atoms with Crippen molar-refractivity contribution < 1.29 is 13.9 Å². The van der Waals surface area contributed by atoms with Crippen LogP contribution in [0.25, 0.3) is 21.8 Å². The van der Waals surface area contributed by atoms with Gasteiger partial charge in [-0.05, 0) is 35.9 Å². The molecule has 0 unspecified atom stereocenters. The standard InChI is InChI=1S/C27H20FN2O2/c28-22-13-6-11-20-25-21(27(29)31)12-7-14-23(25)30(26(20)22)16-19-10-4-5-15-24(19)32-17-18-8-2-1-3-9-18/h1-10,12-15H,16-17H2,(H2,29,31). The number of rotatable bonds is 6. The van der Waals surface area contributed by atoms with Gasteiger partial charge < -0.3 is 15.0 Å². The van der Waals surface area contributed by atoms with Crippen LogP contribution in [0.5, 0.6) is 5.75 Å². The summed E-state index contributed by atoms with van der Waals surface area (Å²) in [6.07, 6.45) is 0. The first kappa shape index (κ1) is 19.8. The van der Waals surface area contributed by atoms with Crippen LogP contribution in [-0.2, 0) is 13.2 Å². The molecule has 0 atom stereocenters. The fourth-order valence-corrected chi connectivity index (χ4v) is 4.12. The average Bonchev–Trinajstić information content (AvgIpc) is 3.14. The number of carbonyl (C=O) groups is 1. The van der Waals surface area contributed by atoms with E-state index in [-0.39, 0.29) is 5.82 Å². The number of amides is 1. The van der Waals surface area contributed by atoms with Crippen molar-refractivity contribution >= 4 is 27.7 Å². The second-order valence-electron chi connectivity index (χ2n) is 7.58. The van der Waals surface area contributed by atoms with Crippen molar-refractivity contribution in [3.8, 4) is 5.75 Å². The minimum Gasteiger partial charge on any atom is -0.489 e. The van der Waals surface area contributed by atoms with E-state index in [4.69, 9.17) is 10.5 Å². The maximum atomic E-state index is 15.0. The van der Waals surface area contributed by atoms with Crippen molar-refractivity contribution in [3.05, 3.63) is 114 Å². The van der Waals surface area contributed by atoms with Crippen LogP contribution < -0.4 is 10.5 Å². The molecule has 0 bridgehead atoms. The number of nitrogens with zero attached hydrogens (tertiary/aromatic N) is 1. The summed E-state index contributed by atoms with van der Waals surface area (Å²) in [6.45, 7) is 0.793. The summed E-state index contributed by atoms with van der Waals surface area (Å²) in [5.41, 5.74) is 9.02. The highest BCUT2D eigenvalue weighted by Gasteiger charge is 2.19. The van der Waals surface area contributed by atoms with Crippen molar-refractivity contribution in [2.45, 2.75) is 13.2 Å². The van der Waals surface area contributed by atoms with Crippen LogP contribution in [0.1, 0.15) is 21.5 Å². The smallest absolute Gasteiger partial charge is 0.249 e. The summed E-state index contributed by atoms with van der Waals surface area (Å²) in [6, 6.07) is 28.9. The highest BCUT2D eigenvalue weighted by molar-refractivity contribution is 6.17. The van der Waals surface area contributed by atoms with Gasteiger partial charge in [0, 0.05) is 21.9 Å². The third kappa shape index (κ3) is 3.48. The van der Waals surface area contributed by atoms with Gasteiger partial charge in [-0.3, -0.25) is 4.79 Å². The molecule has 1 heterocycles. The summed E-state index contributed by atoms with van der Waals surface area (Å²) >= 11 is 0. The van der Waals surface area contributed by atoms with E-state index in [1.54, 1.807) is 12.1 Å². The molecule has 0 saturated heterocycles. The molecule has 0 fully saturated rings. The number of nitrogens with two attached hydrogens (primary N) is 1. The number of primary amides is 1. The van der Waals surface area contributed by atoms with Gasteiger partial charge in [0.2, 0.25) is 5.91 Å². The maximum Gasteiger partial charge on any atom is 0.249 e. The fourth-order valence-electron chi connectivity index (χ4n) is 4.12. The minimum absolute atomic E-state index is 0.349. The summed E-state index contributed by atoms with van der Waals surface area (Å²) in [7, 11) is 0. The molecule has 0 saturated carbocycles. The quantitative estimate of drug-likeness (QED) is 0.394. The Kier molecular flexibility index (Phi) is 5.07. The van der Waals surface area contributed by atoms with Crippen molar-refractivity contribution in [1.29, 1.82) is 0 Å². The topological polar surface area (TPSA) is 57.2 Å². The van der Waals surface area contributed by atoms with Gasteiger partial charge in [-0.1, -0.05) is 60.7 Å². The number of aromatic nitrogens is 1. The molecule has 1 radical (unpaired) electrons. The van der Waals surface area contributed by atoms with Gasteiger partial charge in [0.15, 0.2) is 0 Å². The van der Waals surface area contributed by atoms with Gasteiger partial charge in [-0.15, -0.1) is 0 Å². The first-order chi connectivity index (χ1) is 15.6. The molecule has 4 aromatic carbocycles. The Morgan fingerprint density at radius 2 is 1.75 bits per heavy atom. The van der Waals surface area contributed by atoms with Crippen molar-refractivity contribution in [2.24, 2.45) is 5.73 Å². The average molecular weight is 423 g/mol. The molecule has 1 amide bonds. The summed E-state index contributed by atoms with van der Waals surface area (Å²) < 4.78 is 23.0. The van der Waals surface area contributed by atoms with Gasteiger partial charge in [-0.2, -0.15) is 0 Å². The van der Waals surface area contributed by atoms with E-state index in [1.807, 2.05) is 65.2 Å². The highest BCUT2D eigenvalue weighted by atomic mass is 19.1. The zero-order valence-corrected chi connectivity index (χ0v) is 17.2. The molecule has 2 N–H and O–H groups in total. The summed E-state index contributed by atoms with van der Waals surface area (Å²) in [5, 5.41) is 1.15. The predicted molar refractivity (Wildman–Crippen MR) is 123 cm³/mol. The maximum absolute atomic E-state index is 15.0. The zero-order chi connectivity index (χ0) is 22.1. The molecule has 0 aliphatic rings. The number of para-hydroxylation sites is 1. The molecule has 5 rings (SSSR count). The van der Waals surface area contributed by atoms with E-state index in [0.717, 1.165) is 22.4 Å². The van der Waals surface area contributed by atoms with Gasteiger partial charge in [0.05, 0.1) is 17.6 Å². The van der Waals surface area contributed by atoms with Crippen LogP contribution in [-0.4, -0.2) is 10.5 Å². The number of benzene rings is 4. The van der Waals surface area contributed by atoms with Crippen LogP contribution in [0.3, 0.4) is 0 Å². The Morgan fingerprint density at radius 3 is 2.56 bits per heavy atom. The molecule has 1 aromatic heterocycles. The fraction of sp³-hybridized carbons (Fsp3) is 0.0741. The first-order valence-electron chi connectivity index (χ1n) is 10.3. The summed E-state index contributed by atoms with van der Waals surface area (Å²) in [5.74, 6) is -0.218. The van der Waals surface area contributed by atoms with E-state index in [2.05, 4.69) is 6.07 Å². The Hall–Kier alpha value is -4.12. The Bertz CT molecular complexity index is 1440. The van der Waals surface area contributed by atoms with E-state index >= 15 is 4.39 Å². The zero-order valence-electron chi connectivity index (χ0n) is 17.2. The second kappa shape index (κ2) is 8.19. The van der Waals surface area contributed by atoms with Gasteiger partial charge in [0.1, 0.15) is 18.2 Å². The van der Waals surface area contributed by atoms with Crippen LogP contribution >= 0.6 is 0 Å². The SMILES string of the molecule is NC(=O)c1cccc2c1c1[c]ccc(F)c1n2Cc1ccccc1OCc1ccccc1. The lowest BCUT2D eigenvalue weighted by molar-refractivity contribution is 0.100. The lowest BCUT2D eigenvalue weighted by atomic mass is 10.1. The van der Waals surface area contributed by atoms with Crippen LogP contribution in [0.4, 0.5) is 4.39 Å². The van der Waals surface area contributed by atoms with Crippen LogP contribution in [0.15, 0.2) is 84.9 Å². The summed E-state index contributed by atoms with van der Waals surface area (Å²) in [4.78, 5) is 12.1. The van der Waals surface area contributed by atoms with Gasteiger partial charge in [0.25, 0.3) is 0 Å². The number of carbonyl (C=O) groups excluding carboxylic acids is 1. The molecular weight excluding hydrogens is 403 g/mol. The van der Waals surface area contributed by atoms with E-state index in [0.29, 0.717) is 35.0 Å². The van der Waals surface area contributed by atoms with E-state index in [1.165, 1.54) is 12.1 Å². The molecule has 4 nitrogen and oxygen atoms in total. The monoisotopic (exact) mass is 423 g/mol. The highest BCUT2D eigenvalue weighted by Crippen LogP contribution is 2.34. The molecular formula is C27H20FN2O2. The molecule has 5 aromatic rings. The Morgan fingerprint density at radius 1 is 0.969 bits per heavy atom. The molecule has 0 spiro atoms. The minimum atomic E-state index is -0.557. The lowest BCUT2D eigenvalue weighted by Gasteiger charge is -2.14. The van der Waals surface area contributed by atoms with E-state index < -0.39 is 5.91 Å². The second-order valence-corrected chi connectivity index (χ2v) is 7.58. The number of halogens is 1. The van der Waals surface area contributed by atoms with Crippen LogP contribution in [0.2, 0.25) is 0 Å². The van der Waals surface area contributed by atoms with Crippen molar-refractivity contribution in [3.63, 3.8) is 0 Å². The Balaban J connectivity index is 1.62. The number of hydrogen-bond acceptors (Lipinski definition) is 2. The molecule has 5 heteroatoms. The van der Waals surface area contributed by atoms with Crippen molar-refractivity contribution in [2.75, 3.05) is 0 Å². The third-order valence-electron chi connectivity index (χ3n) is 5.58. The normalized spacial score (nSPS) is 11.2. The Labute approximate surface area is 184 Å². The number of hydrogen-bond donors (Lipinski definition) is 1. The predicted octanol–water partition coefficient (Wildman–Crippen LogP) is 5.46. The molecule has 32 heavy (non-hydrogen) atoms. The number of fused-ring (bicyclic) bond motifs is 3. The number of ether oxygens (including phenoxy) is 1. The lowest BCUT2D eigenvalue weighted by Crippen LogP contribution is -2.11. The van der Waals surface area contributed by atoms with Crippen molar-refractivity contribution in [1.82, 2.24) is 4.57 Å². The molecule has 157 valence electrons. The first-order valence-corrected chi connectivity index (χ1v) is 10.3.